The maximum Gasteiger partial charge on any atom is 0.255 e. The van der Waals surface area contributed by atoms with Gasteiger partial charge in [0.05, 0.1) is 0 Å². The number of hydrogen-bond donors (Lipinski definition) is 1. The average Bonchev–Trinajstić information content (AvgIpc) is 3.00. The summed E-state index contributed by atoms with van der Waals surface area (Å²) in [5, 5.41) is 2.94. The molecule has 1 fully saturated rings. The molecule has 3 aromatic rings. The largest absolute Gasteiger partial charge is 0.331 e. The van der Waals surface area contributed by atoms with Crippen LogP contribution in [0.15, 0.2) is 78.9 Å². The van der Waals surface area contributed by atoms with Gasteiger partial charge in [-0.3, -0.25) is 9.59 Å². The summed E-state index contributed by atoms with van der Waals surface area (Å²) >= 11 is 0. The Morgan fingerprint density at radius 2 is 1.49 bits per heavy atom. The van der Waals surface area contributed by atoms with Crippen LogP contribution in [0.2, 0.25) is 0 Å². The van der Waals surface area contributed by atoms with Crippen molar-refractivity contribution in [2.45, 2.75) is 78.3 Å². The van der Waals surface area contributed by atoms with E-state index in [0.29, 0.717) is 18.0 Å². The van der Waals surface area contributed by atoms with Crippen LogP contribution in [0, 0.1) is 5.92 Å². The molecule has 0 atom stereocenters. The first-order valence-corrected chi connectivity index (χ1v) is 15.5. The highest BCUT2D eigenvalue weighted by molar-refractivity contribution is 6.04. The molecule has 1 saturated heterocycles. The Balaban J connectivity index is 1.46. The van der Waals surface area contributed by atoms with Gasteiger partial charge in [-0.05, 0) is 92.1 Å². The van der Waals surface area contributed by atoms with Crippen LogP contribution in [0.1, 0.15) is 91.1 Å². The maximum atomic E-state index is 13.9. The predicted molar refractivity (Wildman–Crippen MR) is 169 cm³/mol. The van der Waals surface area contributed by atoms with E-state index in [4.69, 9.17) is 0 Å². The molecular weight excluding hydrogens is 506 g/mol. The number of aryl methyl sites for hydroxylation is 1. The number of likely N-dealkylation sites (tertiary alicyclic amines) is 1. The highest BCUT2D eigenvalue weighted by Gasteiger charge is 2.29. The SMILES string of the molecule is CCCCCc1ccc(C(=O)N(Cc2ccc(C(=O)Nc3ccccc3)cc2)C2CCN(CCC(C)C)CC2)cc1. The van der Waals surface area contributed by atoms with E-state index in [1.54, 1.807) is 0 Å². The first-order valence-electron chi connectivity index (χ1n) is 15.5. The zero-order chi connectivity index (χ0) is 29.0. The zero-order valence-electron chi connectivity index (χ0n) is 25.1. The molecule has 41 heavy (non-hydrogen) atoms. The van der Waals surface area contributed by atoms with Crippen molar-refractivity contribution in [3.8, 4) is 0 Å². The third-order valence-corrected chi connectivity index (χ3v) is 8.15. The van der Waals surface area contributed by atoms with Gasteiger partial charge in [0.2, 0.25) is 0 Å². The number of hydrogen-bond acceptors (Lipinski definition) is 3. The van der Waals surface area contributed by atoms with Crippen LogP contribution in [0.5, 0.6) is 0 Å². The van der Waals surface area contributed by atoms with Crippen LogP contribution >= 0.6 is 0 Å². The van der Waals surface area contributed by atoms with Crippen molar-refractivity contribution in [3.63, 3.8) is 0 Å². The number of unbranched alkanes of at least 4 members (excludes halogenated alkanes) is 2. The highest BCUT2D eigenvalue weighted by Crippen LogP contribution is 2.23. The summed E-state index contributed by atoms with van der Waals surface area (Å²) in [4.78, 5) is 31.3. The van der Waals surface area contributed by atoms with Crippen molar-refractivity contribution in [2.75, 3.05) is 25.0 Å². The van der Waals surface area contributed by atoms with E-state index < -0.39 is 0 Å². The molecule has 1 aliphatic rings. The number of nitrogens with zero attached hydrogens (tertiary/aromatic N) is 2. The molecule has 5 nitrogen and oxygen atoms in total. The normalized spacial score (nSPS) is 14.2. The van der Waals surface area contributed by atoms with Crippen molar-refractivity contribution in [2.24, 2.45) is 5.92 Å². The summed E-state index contributed by atoms with van der Waals surface area (Å²) in [7, 11) is 0. The second-order valence-electron chi connectivity index (χ2n) is 11.9. The molecule has 2 amide bonds. The van der Waals surface area contributed by atoms with Crippen LogP contribution in [-0.2, 0) is 13.0 Å². The van der Waals surface area contributed by atoms with Gasteiger partial charge in [-0.1, -0.05) is 76.1 Å². The third kappa shape index (κ3) is 9.29. The number of anilines is 1. The summed E-state index contributed by atoms with van der Waals surface area (Å²) in [5.74, 6) is 0.661. The molecule has 0 bridgehead atoms. The number of carbonyl (C=O) groups is 2. The molecule has 5 heteroatoms. The van der Waals surface area contributed by atoms with Crippen LogP contribution in [-0.4, -0.2) is 47.3 Å². The minimum absolute atomic E-state index is 0.0941. The predicted octanol–water partition coefficient (Wildman–Crippen LogP) is 7.82. The number of benzene rings is 3. The lowest BCUT2D eigenvalue weighted by Gasteiger charge is -2.39. The Kier molecular flexibility index (Phi) is 11.6. The average molecular weight is 554 g/mol. The molecule has 1 N–H and O–H groups in total. The first kappa shape index (κ1) is 30.5. The third-order valence-electron chi connectivity index (χ3n) is 8.15. The summed E-state index contributed by atoms with van der Waals surface area (Å²) in [5.41, 5.74) is 4.46. The molecule has 0 aliphatic carbocycles. The Morgan fingerprint density at radius 3 is 2.12 bits per heavy atom. The summed E-state index contributed by atoms with van der Waals surface area (Å²) in [6, 6.07) is 25.6. The van der Waals surface area contributed by atoms with Gasteiger partial charge in [0, 0.05) is 42.5 Å². The molecule has 0 aromatic heterocycles. The molecular formula is C36H47N3O2. The Morgan fingerprint density at radius 1 is 0.854 bits per heavy atom. The minimum Gasteiger partial charge on any atom is -0.331 e. The molecule has 0 saturated carbocycles. The van der Waals surface area contributed by atoms with E-state index in [9.17, 15) is 9.59 Å². The quantitative estimate of drug-likeness (QED) is 0.220. The Hall–Kier alpha value is -3.44. The van der Waals surface area contributed by atoms with Gasteiger partial charge in [-0.15, -0.1) is 0 Å². The van der Waals surface area contributed by atoms with E-state index in [1.807, 2.05) is 66.7 Å². The van der Waals surface area contributed by atoms with Gasteiger partial charge in [-0.25, -0.2) is 0 Å². The lowest BCUT2D eigenvalue weighted by atomic mass is 9.99. The Bertz CT molecular complexity index is 1210. The van der Waals surface area contributed by atoms with Crippen molar-refractivity contribution in [1.29, 1.82) is 0 Å². The first-order chi connectivity index (χ1) is 19.9. The Labute approximate surface area is 247 Å². The molecule has 1 aliphatic heterocycles. The molecule has 1 heterocycles. The van der Waals surface area contributed by atoms with Crippen molar-refractivity contribution in [3.05, 3.63) is 101 Å². The molecule has 0 unspecified atom stereocenters. The van der Waals surface area contributed by atoms with E-state index >= 15 is 0 Å². The van der Waals surface area contributed by atoms with Crippen LogP contribution < -0.4 is 5.32 Å². The lowest BCUT2D eigenvalue weighted by molar-refractivity contribution is 0.0546. The molecule has 4 rings (SSSR count). The molecule has 218 valence electrons. The minimum atomic E-state index is -0.136. The number of nitrogens with one attached hydrogen (secondary N) is 1. The van der Waals surface area contributed by atoms with Gasteiger partial charge < -0.3 is 15.1 Å². The smallest absolute Gasteiger partial charge is 0.255 e. The van der Waals surface area contributed by atoms with Crippen LogP contribution in [0.3, 0.4) is 0 Å². The number of carbonyl (C=O) groups excluding carboxylic acids is 2. The summed E-state index contributed by atoms with van der Waals surface area (Å²) < 4.78 is 0. The highest BCUT2D eigenvalue weighted by atomic mass is 16.2. The van der Waals surface area contributed by atoms with Crippen molar-refractivity contribution in [1.82, 2.24) is 9.80 Å². The van der Waals surface area contributed by atoms with E-state index in [1.165, 1.54) is 31.2 Å². The zero-order valence-corrected chi connectivity index (χ0v) is 25.1. The van der Waals surface area contributed by atoms with Crippen LogP contribution in [0.25, 0.3) is 0 Å². The fourth-order valence-corrected chi connectivity index (χ4v) is 5.50. The second-order valence-corrected chi connectivity index (χ2v) is 11.9. The monoisotopic (exact) mass is 553 g/mol. The summed E-state index contributed by atoms with van der Waals surface area (Å²) in [6.07, 6.45) is 7.86. The number of para-hydroxylation sites is 1. The molecule has 0 spiro atoms. The van der Waals surface area contributed by atoms with Gasteiger partial charge in [-0.2, -0.15) is 0 Å². The fourth-order valence-electron chi connectivity index (χ4n) is 5.50. The summed E-state index contributed by atoms with van der Waals surface area (Å²) in [6.45, 7) is 10.5. The van der Waals surface area contributed by atoms with E-state index in [2.05, 4.69) is 48.0 Å². The van der Waals surface area contributed by atoms with Crippen molar-refractivity contribution >= 4 is 17.5 Å². The van der Waals surface area contributed by atoms with Crippen LogP contribution in [0.4, 0.5) is 5.69 Å². The van der Waals surface area contributed by atoms with Gasteiger partial charge in [0.1, 0.15) is 0 Å². The van der Waals surface area contributed by atoms with E-state index in [0.717, 1.165) is 55.7 Å². The van der Waals surface area contributed by atoms with Crippen molar-refractivity contribution < 1.29 is 9.59 Å². The van der Waals surface area contributed by atoms with E-state index in [-0.39, 0.29) is 17.9 Å². The topological polar surface area (TPSA) is 52.7 Å². The standard InChI is InChI=1S/C36H47N3O2/c1-4-5-7-10-29-13-19-32(20-14-29)36(41)39(34-22-25-38(26-23-34)24-21-28(2)3)27-30-15-17-31(18-16-30)35(40)37-33-11-8-6-9-12-33/h6,8-9,11-20,28,34H,4-5,7,10,21-27H2,1-3H3,(H,37,40). The van der Waals surface area contributed by atoms with Gasteiger partial charge in [0.15, 0.2) is 0 Å². The molecule has 3 aromatic carbocycles. The fraction of sp³-hybridized carbons (Fsp3) is 0.444. The van der Waals surface area contributed by atoms with Gasteiger partial charge in [0.25, 0.3) is 11.8 Å². The number of amides is 2. The second kappa shape index (κ2) is 15.5. The maximum absolute atomic E-state index is 13.9. The molecule has 0 radical (unpaired) electrons. The lowest BCUT2D eigenvalue weighted by Crippen LogP contribution is -2.47. The number of piperidine rings is 1. The number of rotatable bonds is 13. The van der Waals surface area contributed by atoms with Gasteiger partial charge >= 0.3 is 0 Å².